The zero-order chi connectivity index (χ0) is 19.0. The van der Waals surface area contributed by atoms with Crippen molar-refractivity contribution in [3.05, 3.63) is 75.3 Å². The minimum Gasteiger partial charge on any atom is -0.392 e. The molecule has 0 spiro atoms. The maximum absolute atomic E-state index is 13.0. The van der Waals surface area contributed by atoms with Gasteiger partial charge in [-0.3, -0.25) is 9.36 Å². The Balaban J connectivity index is 1.75. The van der Waals surface area contributed by atoms with E-state index in [1.54, 1.807) is 6.07 Å². The molecule has 0 bridgehead atoms. The number of hydrogen-bond acceptors (Lipinski definition) is 6. The van der Waals surface area contributed by atoms with Gasteiger partial charge in [-0.25, -0.2) is 9.97 Å². The monoisotopic (exact) mass is 415 g/mol. The van der Waals surface area contributed by atoms with E-state index in [-0.39, 0.29) is 12.2 Å². The van der Waals surface area contributed by atoms with Gasteiger partial charge in [-0.2, -0.15) is 0 Å². The van der Waals surface area contributed by atoms with Crippen LogP contribution in [-0.4, -0.2) is 19.6 Å². The number of aliphatic hydroxyl groups is 1. The van der Waals surface area contributed by atoms with Gasteiger partial charge in [-0.1, -0.05) is 59.0 Å². The van der Waals surface area contributed by atoms with Crippen molar-refractivity contribution in [1.29, 1.82) is 0 Å². The normalized spacial score (nSPS) is 11.2. The van der Waals surface area contributed by atoms with Gasteiger partial charge in [-0.05, 0) is 36.2 Å². The topological polar surface area (TPSA) is 68.0 Å². The highest BCUT2D eigenvalue weighted by molar-refractivity contribution is 8.01. The van der Waals surface area contributed by atoms with Crippen LogP contribution in [0.15, 0.2) is 62.8 Å². The summed E-state index contributed by atoms with van der Waals surface area (Å²) in [6, 6.07) is 13.1. The Morgan fingerprint density at radius 3 is 2.70 bits per heavy atom. The molecule has 0 radical (unpaired) electrons. The van der Waals surface area contributed by atoms with E-state index in [2.05, 4.69) is 9.97 Å². The van der Waals surface area contributed by atoms with Gasteiger partial charge in [0.2, 0.25) is 0 Å². The molecule has 4 aromatic rings. The zero-order valence-electron chi connectivity index (χ0n) is 14.2. The molecule has 0 aliphatic carbocycles. The van der Waals surface area contributed by atoms with E-state index >= 15 is 0 Å². The Labute approximate surface area is 168 Å². The predicted molar refractivity (Wildman–Crippen MR) is 109 cm³/mol. The molecule has 4 rings (SSSR count). The third-order valence-electron chi connectivity index (χ3n) is 4.04. The van der Waals surface area contributed by atoms with Gasteiger partial charge in [0.05, 0.1) is 17.3 Å². The van der Waals surface area contributed by atoms with Crippen LogP contribution in [0, 0.1) is 6.92 Å². The van der Waals surface area contributed by atoms with Crippen molar-refractivity contribution in [2.45, 2.75) is 22.8 Å². The molecule has 8 heteroatoms. The number of rotatable bonds is 4. The highest BCUT2D eigenvalue weighted by atomic mass is 35.5. The molecule has 2 aromatic heterocycles. The molecule has 0 fully saturated rings. The van der Waals surface area contributed by atoms with Gasteiger partial charge in [0.25, 0.3) is 5.56 Å². The standard InChI is InChI=1S/C19H14ClN3O2S2/c1-11-3-2-4-14(20)15(11)23-10-21-17-16(18(23)25)27-19(22-17)26-13-7-5-12(9-24)6-8-13/h2-8,10,24H,9H2,1H3. The lowest BCUT2D eigenvalue weighted by Crippen LogP contribution is -2.19. The molecule has 0 amide bonds. The molecule has 1 N–H and O–H groups in total. The molecule has 5 nitrogen and oxygen atoms in total. The Bertz CT molecular complexity index is 1170. The summed E-state index contributed by atoms with van der Waals surface area (Å²) in [6.07, 6.45) is 1.48. The lowest BCUT2D eigenvalue weighted by Gasteiger charge is -2.10. The Kier molecular flexibility index (Phi) is 5.01. The summed E-state index contributed by atoms with van der Waals surface area (Å²) in [5.41, 5.74) is 2.63. The van der Waals surface area contributed by atoms with E-state index in [0.717, 1.165) is 20.4 Å². The molecule has 0 unspecified atom stereocenters. The number of thiazole rings is 1. The van der Waals surface area contributed by atoms with Crippen molar-refractivity contribution in [2.75, 3.05) is 0 Å². The van der Waals surface area contributed by atoms with E-state index in [1.807, 2.05) is 43.3 Å². The quantitative estimate of drug-likeness (QED) is 0.533. The number of benzene rings is 2. The second-order valence-electron chi connectivity index (χ2n) is 5.86. The van der Waals surface area contributed by atoms with Crippen LogP contribution in [0.2, 0.25) is 5.02 Å². The Morgan fingerprint density at radius 1 is 1.22 bits per heavy atom. The van der Waals surface area contributed by atoms with Crippen molar-refractivity contribution in [1.82, 2.24) is 14.5 Å². The smallest absolute Gasteiger partial charge is 0.277 e. The highest BCUT2D eigenvalue weighted by Crippen LogP contribution is 2.33. The zero-order valence-corrected chi connectivity index (χ0v) is 16.6. The summed E-state index contributed by atoms with van der Waals surface area (Å²) in [7, 11) is 0. The van der Waals surface area contributed by atoms with Crippen molar-refractivity contribution >= 4 is 45.0 Å². The predicted octanol–water partition coefficient (Wildman–Crippen LogP) is 4.45. The van der Waals surface area contributed by atoms with Gasteiger partial charge in [0, 0.05) is 4.90 Å². The van der Waals surface area contributed by atoms with Crippen molar-refractivity contribution in [2.24, 2.45) is 0 Å². The summed E-state index contributed by atoms with van der Waals surface area (Å²) in [5, 5.41) is 9.63. The second-order valence-corrected chi connectivity index (χ2v) is 8.59. The number of fused-ring (bicyclic) bond motifs is 1. The lowest BCUT2D eigenvalue weighted by atomic mass is 10.2. The van der Waals surface area contributed by atoms with Crippen molar-refractivity contribution in [3.63, 3.8) is 0 Å². The van der Waals surface area contributed by atoms with Crippen LogP contribution in [0.3, 0.4) is 0 Å². The van der Waals surface area contributed by atoms with Crippen LogP contribution in [0.4, 0.5) is 0 Å². The summed E-state index contributed by atoms with van der Waals surface area (Å²) in [4.78, 5) is 22.8. The molecule has 0 aliphatic rings. The third kappa shape index (κ3) is 3.51. The number of aromatic nitrogens is 3. The first-order valence-corrected chi connectivity index (χ1v) is 10.1. The molecule has 0 saturated heterocycles. The van der Waals surface area contributed by atoms with Gasteiger partial charge >= 0.3 is 0 Å². The van der Waals surface area contributed by atoms with Crippen LogP contribution < -0.4 is 5.56 Å². The van der Waals surface area contributed by atoms with Gasteiger partial charge < -0.3 is 5.11 Å². The minimum absolute atomic E-state index is 0.0109. The highest BCUT2D eigenvalue weighted by Gasteiger charge is 2.15. The average molecular weight is 416 g/mol. The number of aryl methyl sites for hydroxylation is 1. The first kappa shape index (κ1) is 18.2. The Morgan fingerprint density at radius 2 is 2.00 bits per heavy atom. The minimum atomic E-state index is -0.184. The van der Waals surface area contributed by atoms with Gasteiger partial charge in [0.1, 0.15) is 11.0 Å². The fourth-order valence-electron chi connectivity index (χ4n) is 2.69. The maximum Gasteiger partial charge on any atom is 0.277 e. The second kappa shape index (κ2) is 7.44. The number of aliphatic hydroxyl groups excluding tert-OH is 1. The van der Waals surface area contributed by atoms with E-state index in [1.165, 1.54) is 34.0 Å². The molecule has 2 aromatic carbocycles. The Hall–Kier alpha value is -2.19. The van der Waals surface area contributed by atoms with E-state index in [0.29, 0.717) is 21.1 Å². The lowest BCUT2D eigenvalue weighted by molar-refractivity contribution is 0.282. The summed E-state index contributed by atoms with van der Waals surface area (Å²) in [5.74, 6) is 0. The van der Waals surface area contributed by atoms with Gasteiger partial charge in [0.15, 0.2) is 9.99 Å². The van der Waals surface area contributed by atoms with E-state index < -0.39 is 0 Å². The van der Waals surface area contributed by atoms with Crippen molar-refractivity contribution in [3.8, 4) is 5.69 Å². The largest absolute Gasteiger partial charge is 0.392 e. The molecule has 27 heavy (non-hydrogen) atoms. The fourth-order valence-corrected chi connectivity index (χ4v) is 5.00. The first-order valence-electron chi connectivity index (χ1n) is 8.08. The number of para-hydroxylation sites is 1. The fraction of sp³-hybridized carbons (Fsp3) is 0.105. The first-order chi connectivity index (χ1) is 13.1. The number of nitrogens with zero attached hydrogens (tertiary/aromatic N) is 3. The summed E-state index contributed by atoms with van der Waals surface area (Å²) >= 11 is 9.08. The number of hydrogen-bond donors (Lipinski definition) is 1. The molecule has 0 saturated carbocycles. The molecular formula is C19H14ClN3O2S2. The summed E-state index contributed by atoms with van der Waals surface area (Å²) < 4.78 is 2.70. The maximum atomic E-state index is 13.0. The van der Waals surface area contributed by atoms with Gasteiger partial charge in [-0.15, -0.1) is 0 Å². The average Bonchev–Trinajstić information content (AvgIpc) is 3.07. The molecular weight excluding hydrogens is 402 g/mol. The van der Waals surface area contributed by atoms with Crippen LogP contribution in [-0.2, 0) is 6.61 Å². The molecule has 0 atom stereocenters. The molecule has 136 valence electrons. The summed E-state index contributed by atoms with van der Waals surface area (Å²) in [6.45, 7) is 1.92. The molecule has 0 aliphatic heterocycles. The van der Waals surface area contributed by atoms with Crippen molar-refractivity contribution < 1.29 is 5.11 Å². The third-order valence-corrected chi connectivity index (χ3v) is 6.44. The number of halogens is 1. The van der Waals surface area contributed by atoms with Crippen LogP contribution >= 0.6 is 34.7 Å². The van der Waals surface area contributed by atoms with Crippen LogP contribution in [0.1, 0.15) is 11.1 Å². The van der Waals surface area contributed by atoms with E-state index in [4.69, 9.17) is 16.7 Å². The van der Waals surface area contributed by atoms with Crippen LogP contribution in [0.25, 0.3) is 16.0 Å². The van der Waals surface area contributed by atoms with E-state index in [9.17, 15) is 4.79 Å². The SMILES string of the molecule is Cc1cccc(Cl)c1-n1cnc2nc(Sc3ccc(CO)cc3)sc2c1=O. The van der Waals surface area contributed by atoms with Crippen LogP contribution in [0.5, 0.6) is 0 Å². The molecule has 2 heterocycles.